The van der Waals surface area contributed by atoms with Crippen LogP contribution in [0.3, 0.4) is 0 Å². The molecule has 4 heteroatoms. The van der Waals surface area contributed by atoms with Crippen molar-refractivity contribution in [2.24, 2.45) is 0 Å². The summed E-state index contributed by atoms with van der Waals surface area (Å²) in [6.45, 7) is 5.13. The van der Waals surface area contributed by atoms with Crippen LogP contribution in [-0.2, 0) is 9.47 Å². The fourth-order valence-electron chi connectivity index (χ4n) is 1.14. The van der Waals surface area contributed by atoms with Gasteiger partial charge in [-0.25, -0.2) is 0 Å². The predicted molar refractivity (Wildman–Crippen MR) is 70.2 cm³/mol. The molecule has 0 saturated carbocycles. The van der Waals surface area contributed by atoms with Crippen LogP contribution in [-0.4, -0.2) is 56.8 Å². The van der Waals surface area contributed by atoms with Crippen molar-refractivity contribution in [3.05, 3.63) is 0 Å². The van der Waals surface area contributed by atoms with Gasteiger partial charge in [-0.3, -0.25) is 0 Å². The number of rotatable bonds is 6. The lowest BCUT2D eigenvalue weighted by Crippen LogP contribution is -2.42. The van der Waals surface area contributed by atoms with Crippen LogP contribution < -0.4 is 0 Å². The summed E-state index contributed by atoms with van der Waals surface area (Å²) >= 11 is 1.74. The van der Waals surface area contributed by atoms with Gasteiger partial charge in [0.2, 0.25) is 6.29 Å². The minimum atomic E-state index is -0.392. The van der Waals surface area contributed by atoms with Crippen LogP contribution in [0.1, 0.15) is 13.8 Å². The van der Waals surface area contributed by atoms with Crippen molar-refractivity contribution in [3.63, 3.8) is 0 Å². The first-order valence-electron chi connectivity index (χ1n) is 5.53. The highest BCUT2D eigenvalue weighted by atomic mass is 32.2. The van der Waals surface area contributed by atoms with Crippen molar-refractivity contribution in [2.45, 2.75) is 25.5 Å². The molecule has 0 bridgehead atoms. The van der Waals surface area contributed by atoms with E-state index in [1.807, 2.05) is 13.8 Å². The Hall–Kier alpha value is -0.210. The molecule has 0 heterocycles. The Bertz CT molecular complexity index is 234. The fraction of sp³-hybridized carbons (Fsp3) is 0.833. The van der Waals surface area contributed by atoms with Gasteiger partial charge >= 0.3 is 0 Å². The molecule has 0 aromatic rings. The summed E-state index contributed by atoms with van der Waals surface area (Å²) in [5.41, 5.74) is 0. The highest BCUT2D eigenvalue weighted by Gasteiger charge is 2.20. The summed E-state index contributed by atoms with van der Waals surface area (Å²) in [7, 11) is 6.39. The highest BCUT2D eigenvalue weighted by Crippen LogP contribution is 2.14. The Labute approximate surface area is 104 Å². The quantitative estimate of drug-likeness (QED) is 0.404. The third-order valence-electron chi connectivity index (χ3n) is 1.89. The van der Waals surface area contributed by atoms with E-state index in [-0.39, 0.29) is 5.37 Å². The maximum absolute atomic E-state index is 5.38. The first kappa shape index (κ1) is 15.8. The maximum Gasteiger partial charge on any atom is 0.222 e. The van der Waals surface area contributed by atoms with Gasteiger partial charge in [-0.2, -0.15) is 0 Å². The lowest BCUT2D eigenvalue weighted by atomic mass is 10.4. The molecule has 0 rings (SSSR count). The monoisotopic (exact) mass is 246 g/mol. The maximum atomic E-state index is 5.38. The van der Waals surface area contributed by atoms with E-state index < -0.39 is 6.29 Å². The Morgan fingerprint density at radius 2 is 1.56 bits per heavy atom. The van der Waals surface area contributed by atoms with Gasteiger partial charge < -0.3 is 14.0 Å². The summed E-state index contributed by atoms with van der Waals surface area (Å²) < 4.78 is 11.6. The molecule has 1 unspecified atom stereocenters. The molecule has 0 aliphatic carbocycles. The number of nitrogens with zero attached hydrogens (tertiary/aromatic N) is 1. The van der Waals surface area contributed by atoms with Crippen LogP contribution >= 0.6 is 11.8 Å². The zero-order valence-electron chi connectivity index (χ0n) is 11.2. The van der Waals surface area contributed by atoms with E-state index in [9.17, 15) is 0 Å². The predicted octanol–water partition coefficient (Wildman–Crippen LogP) is 1.78. The van der Waals surface area contributed by atoms with Gasteiger partial charge in [-0.05, 0) is 31.9 Å². The van der Waals surface area contributed by atoms with E-state index in [0.29, 0.717) is 13.2 Å². The van der Waals surface area contributed by atoms with Crippen LogP contribution in [0.5, 0.6) is 0 Å². The van der Waals surface area contributed by atoms with Crippen LogP contribution in [0.25, 0.3) is 0 Å². The van der Waals surface area contributed by atoms with Crippen molar-refractivity contribution in [3.8, 4) is 11.8 Å². The fourth-order valence-corrected chi connectivity index (χ4v) is 1.96. The molecule has 0 radical (unpaired) electrons. The van der Waals surface area contributed by atoms with E-state index >= 15 is 0 Å². The SMILES string of the molecule is CCOC(C#CC(SC)[N+](C)(C)C)OCC. The summed E-state index contributed by atoms with van der Waals surface area (Å²) in [6, 6.07) is 0. The van der Waals surface area contributed by atoms with E-state index in [2.05, 4.69) is 39.2 Å². The number of ether oxygens (including phenoxy) is 2. The van der Waals surface area contributed by atoms with Crippen LogP contribution in [0, 0.1) is 11.8 Å². The third-order valence-corrected chi connectivity index (χ3v) is 3.08. The number of hydrogen-bond acceptors (Lipinski definition) is 3. The Balaban J connectivity index is 4.50. The van der Waals surface area contributed by atoms with Crippen LogP contribution in [0.15, 0.2) is 0 Å². The molecule has 0 saturated heterocycles. The Morgan fingerprint density at radius 1 is 1.06 bits per heavy atom. The second kappa shape index (κ2) is 7.97. The molecule has 94 valence electrons. The first-order chi connectivity index (χ1) is 7.45. The average molecular weight is 246 g/mol. The highest BCUT2D eigenvalue weighted by molar-refractivity contribution is 7.99. The van der Waals surface area contributed by atoms with E-state index in [0.717, 1.165) is 4.48 Å². The Kier molecular flexibility index (Phi) is 7.86. The van der Waals surface area contributed by atoms with Gasteiger partial charge in [0.15, 0.2) is 5.37 Å². The Morgan fingerprint density at radius 3 is 1.88 bits per heavy atom. The molecule has 1 atom stereocenters. The molecular weight excluding hydrogens is 222 g/mol. The molecule has 0 N–H and O–H groups in total. The average Bonchev–Trinajstić information content (AvgIpc) is 2.17. The van der Waals surface area contributed by atoms with Crippen molar-refractivity contribution < 1.29 is 14.0 Å². The van der Waals surface area contributed by atoms with E-state index in [1.165, 1.54) is 0 Å². The number of thioether (sulfide) groups is 1. The summed E-state index contributed by atoms with van der Waals surface area (Å²) in [6.07, 6.45) is 1.68. The van der Waals surface area contributed by atoms with Crippen LogP contribution in [0.2, 0.25) is 0 Å². The molecule has 3 nitrogen and oxygen atoms in total. The van der Waals surface area contributed by atoms with Crippen molar-refractivity contribution >= 4 is 11.8 Å². The molecule has 0 amide bonds. The zero-order chi connectivity index (χ0) is 12.6. The van der Waals surface area contributed by atoms with Gasteiger partial charge in [-0.1, -0.05) is 11.8 Å². The third kappa shape index (κ3) is 6.39. The lowest BCUT2D eigenvalue weighted by molar-refractivity contribution is -0.872. The normalized spacial score (nSPS) is 13.4. The molecule has 0 aliphatic heterocycles. The van der Waals surface area contributed by atoms with Gasteiger partial charge in [0.25, 0.3) is 0 Å². The standard InChI is InChI=1S/C12H24NO2S/c1-7-14-12(15-8-2)10-9-11(16-6)13(3,4)5/h11-12H,7-8H2,1-6H3/q+1. The van der Waals surface area contributed by atoms with Crippen molar-refractivity contribution in [2.75, 3.05) is 40.6 Å². The number of quaternary nitrogens is 1. The van der Waals surface area contributed by atoms with E-state index in [4.69, 9.17) is 9.47 Å². The minimum absolute atomic E-state index is 0.239. The smallest absolute Gasteiger partial charge is 0.222 e. The number of hydrogen-bond donors (Lipinski definition) is 0. The second-order valence-corrected chi connectivity index (χ2v) is 5.15. The molecule has 0 spiro atoms. The van der Waals surface area contributed by atoms with Gasteiger partial charge in [-0.15, -0.1) is 0 Å². The molecular formula is C12H24NO2S+. The topological polar surface area (TPSA) is 18.5 Å². The molecule has 0 aromatic carbocycles. The summed E-state index contributed by atoms with van der Waals surface area (Å²) in [5.74, 6) is 6.26. The van der Waals surface area contributed by atoms with Gasteiger partial charge in [0, 0.05) is 13.2 Å². The lowest BCUT2D eigenvalue weighted by Gasteiger charge is -2.29. The van der Waals surface area contributed by atoms with Crippen LogP contribution in [0.4, 0.5) is 0 Å². The molecule has 0 fully saturated rings. The largest absolute Gasteiger partial charge is 0.342 e. The van der Waals surface area contributed by atoms with Gasteiger partial charge in [0.1, 0.15) is 0 Å². The van der Waals surface area contributed by atoms with Crippen molar-refractivity contribution in [1.82, 2.24) is 0 Å². The minimum Gasteiger partial charge on any atom is -0.342 e. The van der Waals surface area contributed by atoms with Gasteiger partial charge in [0.05, 0.1) is 21.1 Å². The zero-order valence-corrected chi connectivity index (χ0v) is 12.1. The summed E-state index contributed by atoms with van der Waals surface area (Å²) in [4.78, 5) is 0. The first-order valence-corrected chi connectivity index (χ1v) is 6.82. The van der Waals surface area contributed by atoms with Crippen molar-refractivity contribution in [1.29, 1.82) is 0 Å². The second-order valence-electron chi connectivity index (χ2n) is 4.24. The molecule has 0 aliphatic rings. The van der Waals surface area contributed by atoms with E-state index in [1.54, 1.807) is 11.8 Å². The summed E-state index contributed by atoms with van der Waals surface area (Å²) in [5, 5.41) is 0.239. The molecule has 0 aromatic heterocycles. The molecule has 16 heavy (non-hydrogen) atoms.